The van der Waals surface area contributed by atoms with Crippen LogP contribution < -0.4 is 0 Å². The van der Waals surface area contributed by atoms with E-state index >= 15 is 0 Å². The van der Waals surface area contributed by atoms with Crippen molar-refractivity contribution in [3.8, 4) is 0 Å². The average molecular weight is 567 g/mol. The van der Waals surface area contributed by atoms with Gasteiger partial charge < -0.3 is 10.1 Å². The maximum absolute atomic E-state index is 12.9. The molecule has 1 aromatic heterocycles. The van der Waals surface area contributed by atoms with Gasteiger partial charge in [-0.05, 0) is 34.1 Å². The molecule has 0 bridgehead atoms. The van der Waals surface area contributed by atoms with E-state index < -0.39 is 16.9 Å². The lowest BCUT2D eigenvalue weighted by Crippen LogP contribution is -2.64. The van der Waals surface area contributed by atoms with E-state index in [1.54, 1.807) is 0 Å². The largest absolute Gasteiger partial charge is 0.477 e. The van der Waals surface area contributed by atoms with Crippen LogP contribution in [-0.4, -0.2) is 37.6 Å². The molecule has 1 atom stereocenters. The summed E-state index contributed by atoms with van der Waals surface area (Å²) in [7, 11) is 0. The molecule has 1 saturated heterocycles. The number of fused-ring (bicyclic) bond motifs is 2. The Morgan fingerprint density at radius 2 is 2.06 bits per heavy atom. The Hall–Kier alpha value is -2.23. The highest BCUT2D eigenvalue weighted by Crippen LogP contribution is 2.55. The van der Waals surface area contributed by atoms with Gasteiger partial charge in [0.25, 0.3) is 0 Å². The van der Waals surface area contributed by atoms with Crippen molar-refractivity contribution in [2.24, 2.45) is 4.99 Å². The highest BCUT2D eigenvalue weighted by Gasteiger charge is 2.61. The molecule has 2 N–H and O–H groups in total. The number of nitrogens with one attached hydrogen (secondary N) is 1. The second-order valence-electron chi connectivity index (χ2n) is 8.20. The molecule has 1 spiro atoms. The van der Waals surface area contributed by atoms with Crippen molar-refractivity contribution in [1.29, 1.82) is 0 Å². The molecule has 31 heavy (non-hydrogen) atoms. The van der Waals surface area contributed by atoms with Crippen LogP contribution in [0.3, 0.4) is 0 Å². The smallest absolute Gasteiger partial charge is 0.354 e. The minimum atomic E-state index is -1.31. The summed E-state index contributed by atoms with van der Waals surface area (Å²) in [5.41, 5.74) is 1.03. The van der Waals surface area contributed by atoms with Gasteiger partial charge in [0.2, 0.25) is 5.91 Å². The number of hydrogen-bond acceptors (Lipinski definition) is 4. The fourth-order valence-electron chi connectivity index (χ4n) is 4.46. The molecule has 1 amide bonds. The zero-order valence-electron chi connectivity index (χ0n) is 16.3. The third kappa shape index (κ3) is 2.76. The number of amides is 1. The molecule has 0 saturated carbocycles. The summed E-state index contributed by atoms with van der Waals surface area (Å²) in [6, 6.07) is 5.58. The molecule has 0 radical (unpaired) electrons. The summed E-state index contributed by atoms with van der Waals surface area (Å²) < 4.78 is 1.26. The summed E-state index contributed by atoms with van der Waals surface area (Å²) in [6.45, 7) is 3.93. The van der Waals surface area contributed by atoms with E-state index in [0.29, 0.717) is 21.8 Å². The number of halogens is 3. The third-order valence-corrected chi connectivity index (χ3v) is 7.15. The molecule has 2 aromatic rings. The molecule has 158 valence electrons. The number of nitrogens with zero attached hydrogens (tertiary/aromatic N) is 3. The van der Waals surface area contributed by atoms with Crippen LogP contribution >= 0.6 is 43.5 Å². The number of carbonyl (C=O) groups is 2. The summed E-state index contributed by atoms with van der Waals surface area (Å²) in [5, 5.41) is 10.0. The molecule has 10 heteroatoms. The number of carboxylic acid groups (broad SMARTS) is 1. The molecule has 3 aliphatic heterocycles. The van der Waals surface area contributed by atoms with Crippen molar-refractivity contribution in [3.63, 3.8) is 0 Å². The first kappa shape index (κ1) is 20.7. The molecule has 1 aromatic carbocycles. The van der Waals surface area contributed by atoms with Crippen LogP contribution in [0.2, 0.25) is 0 Å². The highest BCUT2D eigenvalue weighted by atomic mass is 79.9. The van der Waals surface area contributed by atoms with E-state index in [2.05, 4.69) is 41.8 Å². The minimum Gasteiger partial charge on any atom is -0.477 e. The summed E-state index contributed by atoms with van der Waals surface area (Å²) >= 11 is 13.5. The fraction of sp³-hybridized carbons (Fsp3) is 0.238. The van der Waals surface area contributed by atoms with Crippen molar-refractivity contribution < 1.29 is 14.7 Å². The molecule has 5 rings (SSSR count). The number of allylic oxidation sites excluding steroid dienone is 1. The van der Waals surface area contributed by atoms with Crippen LogP contribution in [0, 0.1) is 0 Å². The zero-order chi connectivity index (χ0) is 22.3. The number of aliphatic carboxylic acids is 1. The van der Waals surface area contributed by atoms with Gasteiger partial charge in [-0.15, -0.1) is 0 Å². The van der Waals surface area contributed by atoms with Gasteiger partial charge in [0.05, 0.1) is 28.5 Å². The van der Waals surface area contributed by atoms with Crippen molar-refractivity contribution >= 4 is 71.8 Å². The van der Waals surface area contributed by atoms with Crippen LogP contribution in [0.25, 0.3) is 5.03 Å². The number of rotatable bonds is 1. The van der Waals surface area contributed by atoms with Crippen molar-refractivity contribution in [2.75, 3.05) is 0 Å². The van der Waals surface area contributed by atoms with Gasteiger partial charge in [-0.1, -0.05) is 53.5 Å². The van der Waals surface area contributed by atoms with Gasteiger partial charge in [-0.25, -0.2) is 9.78 Å². The monoisotopic (exact) mass is 564 g/mol. The van der Waals surface area contributed by atoms with Crippen LogP contribution in [0.5, 0.6) is 0 Å². The average Bonchev–Trinajstić information content (AvgIpc) is 3.23. The van der Waals surface area contributed by atoms with E-state index in [1.165, 1.54) is 4.90 Å². The Labute approximate surface area is 199 Å². The van der Waals surface area contributed by atoms with Gasteiger partial charge in [0.15, 0.2) is 10.4 Å². The SMILES string of the molecule is CC1(C)/C=C\C2=Nc3cc(Br)ccc3C23CC(=O)N3C(C(=O)O)=C(Cl)c2nc(Br)[nH]c21. The topological polar surface area (TPSA) is 98.7 Å². The van der Waals surface area contributed by atoms with Crippen molar-refractivity contribution in [3.05, 3.63) is 62.2 Å². The van der Waals surface area contributed by atoms with Crippen LogP contribution in [-0.2, 0) is 20.5 Å². The predicted octanol–water partition coefficient (Wildman–Crippen LogP) is 4.99. The first-order valence-electron chi connectivity index (χ1n) is 9.37. The molecule has 7 nitrogen and oxygen atoms in total. The first-order valence-corrected chi connectivity index (χ1v) is 11.3. The maximum atomic E-state index is 12.9. The molecule has 1 fully saturated rings. The number of imidazole rings is 1. The molecule has 1 unspecified atom stereocenters. The Kier molecular flexibility index (Phi) is 4.42. The number of H-pyrrole nitrogens is 1. The number of aliphatic imine (C=N–C) groups is 1. The molecule has 4 heterocycles. The predicted molar refractivity (Wildman–Crippen MR) is 123 cm³/mol. The number of aromatic nitrogens is 2. The molecular weight excluding hydrogens is 552 g/mol. The van der Waals surface area contributed by atoms with Crippen molar-refractivity contribution in [2.45, 2.75) is 31.2 Å². The first-order chi connectivity index (χ1) is 14.6. The minimum absolute atomic E-state index is 0.100. The third-order valence-electron chi connectivity index (χ3n) is 5.93. The van der Waals surface area contributed by atoms with Gasteiger partial charge in [0.1, 0.15) is 11.2 Å². The lowest BCUT2D eigenvalue weighted by atomic mass is 9.73. The van der Waals surface area contributed by atoms with E-state index in [4.69, 9.17) is 16.6 Å². The standard InChI is InChI=1S/C21H15Br2ClN4O3/c1-20(2)6-5-12-21(10-4-3-9(22)7-11(10)25-12)8-13(29)28(21)16(18(30)31)14(24)15-17(20)27-19(23)26-15/h3-7H,8H2,1-2H3,(H,26,27)(H,30,31)/b6-5-,16-14?. The molecule has 0 aliphatic carbocycles. The second-order valence-corrected chi connectivity index (χ2v) is 10.2. The van der Waals surface area contributed by atoms with Crippen LogP contribution in [0.15, 0.2) is 50.2 Å². The van der Waals surface area contributed by atoms with E-state index in [9.17, 15) is 14.7 Å². The second kappa shape index (κ2) is 6.63. The lowest BCUT2D eigenvalue weighted by molar-refractivity contribution is -0.152. The maximum Gasteiger partial charge on any atom is 0.354 e. The van der Waals surface area contributed by atoms with Gasteiger partial charge in [-0.2, -0.15) is 0 Å². The number of aromatic amines is 1. The van der Waals surface area contributed by atoms with Gasteiger partial charge in [-0.3, -0.25) is 14.7 Å². The van der Waals surface area contributed by atoms with Gasteiger partial charge in [0, 0.05) is 15.5 Å². The zero-order valence-corrected chi connectivity index (χ0v) is 20.3. The quantitative estimate of drug-likeness (QED) is 0.476. The normalized spacial score (nSPS) is 24.5. The fourth-order valence-corrected chi connectivity index (χ4v) is 5.48. The number of carboxylic acids is 1. The van der Waals surface area contributed by atoms with Gasteiger partial charge >= 0.3 is 5.97 Å². The summed E-state index contributed by atoms with van der Waals surface area (Å²) in [6.07, 6.45) is 3.93. The van der Waals surface area contributed by atoms with Crippen LogP contribution in [0.4, 0.5) is 5.69 Å². The number of benzene rings is 1. The lowest BCUT2D eigenvalue weighted by Gasteiger charge is -2.50. The number of carbonyl (C=O) groups excluding carboxylic acids is 1. The Morgan fingerprint density at radius 3 is 2.74 bits per heavy atom. The molecule has 3 aliphatic rings. The summed E-state index contributed by atoms with van der Waals surface area (Å²) in [5.74, 6) is -1.65. The van der Waals surface area contributed by atoms with E-state index in [1.807, 2.05) is 44.2 Å². The van der Waals surface area contributed by atoms with Crippen molar-refractivity contribution in [1.82, 2.24) is 14.9 Å². The Bertz CT molecular complexity index is 1290. The van der Waals surface area contributed by atoms with E-state index in [-0.39, 0.29) is 28.8 Å². The van der Waals surface area contributed by atoms with Crippen LogP contribution in [0.1, 0.15) is 37.2 Å². The van der Waals surface area contributed by atoms with E-state index in [0.717, 1.165) is 10.0 Å². The Balaban J connectivity index is 1.88. The highest BCUT2D eigenvalue weighted by molar-refractivity contribution is 9.10. The number of β-lactam (4-membered cyclic amide) rings is 1. The molecular formula is C21H15Br2ClN4O3. The number of hydrogen-bond donors (Lipinski definition) is 2. The summed E-state index contributed by atoms with van der Waals surface area (Å²) in [4.78, 5) is 38.9. The Morgan fingerprint density at radius 1 is 1.32 bits per heavy atom.